The van der Waals surface area contributed by atoms with E-state index in [9.17, 15) is 31.1 Å². The maximum atomic E-state index is 12.9. The third-order valence-corrected chi connectivity index (χ3v) is 4.53. The van der Waals surface area contributed by atoms with Crippen molar-refractivity contribution in [1.82, 2.24) is 0 Å². The van der Waals surface area contributed by atoms with Crippen molar-refractivity contribution in [2.24, 2.45) is 5.92 Å². The molecule has 1 aliphatic carbocycles. The molecule has 3 nitrogen and oxygen atoms in total. The molecule has 0 radical (unpaired) electrons. The van der Waals surface area contributed by atoms with Crippen molar-refractivity contribution in [3.63, 3.8) is 0 Å². The number of anilines is 1. The zero-order valence-corrected chi connectivity index (χ0v) is 14.5. The molecule has 1 aliphatic rings. The first-order chi connectivity index (χ1) is 13.0. The summed E-state index contributed by atoms with van der Waals surface area (Å²) in [6.07, 6.45) is -9.47. The summed E-state index contributed by atoms with van der Waals surface area (Å²) in [6, 6.07) is 7.98. The highest BCUT2D eigenvalue weighted by atomic mass is 19.4. The van der Waals surface area contributed by atoms with Crippen LogP contribution in [0.5, 0.6) is 5.75 Å². The van der Waals surface area contributed by atoms with E-state index < -0.39 is 41.0 Å². The van der Waals surface area contributed by atoms with Crippen molar-refractivity contribution >= 4 is 11.6 Å². The van der Waals surface area contributed by atoms with Gasteiger partial charge >= 0.3 is 12.4 Å². The van der Waals surface area contributed by atoms with E-state index in [1.165, 1.54) is 7.11 Å². The molecule has 2 aromatic carbocycles. The van der Waals surface area contributed by atoms with Crippen molar-refractivity contribution in [2.75, 3.05) is 12.4 Å². The quantitative estimate of drug-likeness (QED) is 0.687. The van der Waals surface area contributed by atoms with Gasteiger partial charge in [-0.25, -0.2) is 0 Å². The molecule has 3 rings (SSSR count). The molecule has 1 fully saturated rings. The summed E-state index contributed by atoms with van der Waals surface area (Å²) in [4.78, 5) is 12.3. The molecule has 0 aromatic heterocycles. The van der Waals surface area contributed by atoms with Gasteiger partial charge in [-0.1, -0.05) is 12.1 Å². The zero-order chi connectivity index (χ0) is 20.7. The average Bonchev–Trinajstić information content (AvgIpc) is 3.41. The van der Waals surface area contributed by atoms with Gasteiger partial charge in [0.1, 0.15) is 5.75 Å². The minimum Gasteiger partial charge on any atom is -0.497 e. The van der Waals surface area contributed by atoms with Crippen LogP contribution in [0.1, 0.15) is 29.0 Å². The van der Waals surface area contributed by atoms with Gasteiger partial charge in [-0.05, 0) is 48.2 Å². The number of ether oxygens (including phenoxy) is 1. The smallest absolute Gasteiger partial charge is 0.416 e. The Balaban J connectivity index is 1.77. The summed E-state index contributed by atoms with van der Waals surface area (Å²) in [6.45, 7) is 0. The van der Waals surface area contributed by atoms with Gasteiger partial charge in [0.05, 0.1) is 18.2 Å². The number of hydrogen-bond acceptors (Lipinski definition) is 2. The van der Waals surface area contributed by atoms with E-state index >= 15 is 0 Å². The summed E-state index contributed by atoms with van der Waals surface area (Å²) in [5, 5.41) is 2.19. The first kappa shape index (κ1) is 20.0. The van der Waals surface area contributed by atoms with Gasteiger partial charge in [-0.3, -0.25) is 4.79 Å². The van der Waals surface area contributed by atoms with Crippen LogP contribution in [0.25, 0.3) is 0 Å². The van der Waals surface area contributed by atoms with E-state index in [0.29, 0.717) is 24.3 Å². The first-order valence-electron chi connectivity index (χ1n) is 8.23. The molecule has 1 amide bonds. The minimum absolute atomic E-state index is 0.0208. The number of halogens is 6. The largest absolute Gasteiger partial charge is 0.497 e. The predicted octanol–water partition coefficient (Wildman–Crippen LogP) is 5.48. The van der Waals surface area contributed by atoms with E-state index in [0.717, 1.165) is 5.56 Å². The number of hydrogen-bond donors (Lipinski definition) is 1. The molecular formula is C19H15F6NO2. The average molecular weight is 403 g/mol. The van der Waals surface area contributed by atoms with Gasteiger partial charge in [0.25, 0.3) is 0 Å². The second kappa shape index (κ2) is 7.03. The fourth-order valence-corrected chi connectivity index (χ4v) is 2.97. The Morgan fingerprint density at radius 1 is 0.964 bits per heavy atom. The topological polar surface area (TPSA) is 38.3 Å². The van der Waals surface area contributed by atoms with Gasteiger partial charge in [0.2, 0.25) is 5.91 Å². The Morgan fingerprint density at radius 3 is 1.96 bits per heavy atom. The molecule has 2 aromatic rings. The molecule has 2 unspecified atom stereocenters. The van der Waals surface area contributed by atoms with Crippen LogP contribution in [0.3, 0.4) is 0 Å². The molecule has 0 spiro atoms. The number of amides is 1. The zero-order valence-electron chi connectivity index (χ0n) is 14.5. The number of nitrogens with one attached hydrogen (secondary N) is 1. The van der Waals surface area contributed by atoms with E-state index in [4.69, 9.17) is 4.74 Å². The highest BCUT2D eigenvalue weighted by Crippen LogP contribution is 2.48. The van der Waals surface area contributed by atoms with Crippen LogP contribution in [0.4, 0.5) is 32.0 Å². The van der Waals surface area contributed by atoms with Crippen molar-refractivity contribution in [3.8, 4) is 5.75 Å². The van der Waals surface area contributed by atoms with E-state index in [2.05, 4.69) is 5.32 Å². The number of carbonyl (C=O) groups excluding carboxylic acids is 1. The SMILES string of the molecule is COc1ccc(C2CC2C(=O)Nc2cc(C(F)(F)F)cc(C(F)(F)F)c2)cc1. The first-order valence-corrected chi connectivity index (χ1v) is 8.23. The molecule has 0 aliphatic heterocycles. The van der Waals surface area contributed by atoms with E-state index in [1.54, 1.807) is 24.3 Å². The van der Waals surface area contributed by atoms with Crippen LogP contribution in [0.15, 0.2) is 42.5 Å². The van der Waals surface area contributed by atoms with Gasteiger partial charge in [-0.2, -0.15) is 26.3 Å². The fraction of sp³-hybridized carbons (Fsp3) is 0.316. The Bertz CT molecular complexity index is 841. The van der Waals surface area contributed by atoms with Gasteiger partial charge in [-0.15, -0.1) is 0 Å². The van der Waals surface area contributed by atoms with E-state index in [-0.39, 0.29) is 12.0 Å². The van der Waals surface area contributed by atoms with Crippen LogP contribution in [0.2, 0.25) is 0 Å². The number of benzene rings is 2. The third-order valence-electron chi connectivity index (χ3n) is 4.53. The lowest BCUT2D eigenvalue weighted by atomic mass is 10.1. The van der Waals surface area contributed by atoms with E-state index in [1.807, 2.05) is 0 Å². The van der Waals surface area contributed by atoms with Crippen LogP contribution >= 0.6 is 0 Å². The van der Waals surface area contributed by atoms with Crippen molar-refractivity contribution in [1.29, 1.82) is 0 Å². The molecule has 1 saturated carbocycles. The van der Waals surface area contributed by atoms with Gasteiger partial charge in [0, 0.05) is 11.6 Å². The second-order valence-corrected chi connectivity index (χ2v) is 6.51. The molecule has 0 heterocycles. The van der Waals surface area contributed by atoms with Crippen LogP contribution < -0.4 is 10.1 Å². The molecule has 1 N–H and O–H groups in total. The van der Waals surface area contributed by atoms with Crippen molar-refractivity contribution in [3.05, 3.63) is 59.2 Å². The molecule has 0 bridgehead atoms. The minimum atomic E-state index is -4.97. The van der Waals surface area contributed by atoms with Crippen molar-refractivity contribution < 1.29 is 35.9 Å². The Morgan fingerprint density at radius 2 is 1.50 bits per heavy atom. The maximum Gasteiger partial charge on any atom is 0.416 e. The maximum absolute atomic E-state index is 12.9. The number of alkyl halides is 6. The van der Waals surface area contributed by atoms with Crippen molar-refractivity contribution in [2.45, 2.75) is 24.7 Å². The van der Waals surface area contributed by atoms with Crippen LogP contribution in [-0.2, 0) is 17.1 Å². The summed E-state index contributed by atoms with van der Waals surface area (Å²) >= 11 is 0. The second-order valence-electron chi connectivity index (χ2n) is 6.51. The summed E-state index contributed by atoms with van der Waals surface area (Å²) in [5.74, 6) is -0.640. The molecule has 28 heavy (non-hydrogen) atoms. The normalized spacial score (nSPS) is 19.2. The van der Waals surface area contributed by atoms with Gasteiger partial charge in [0.15, 0.2) is 0 Å². The third kappa shape index (κ3) is 4.40. The Kier molecular flexibility index (Phi) is 5.03. The highest BCUT2D eigenvalue weighted by molar-refractivity contribution is 5.95. The number of methoxy groups -OCH3 is 1. The number of rotatable bonds is 4. The summed E-state index contributed by atoms with van der Waals surface area (Å²) in [7, 11) is 1.51. The van der Waals surface area contributed by atoms with Crippen LogP contribution in [0, 0.1) is 5.92 Å². The molecule has 150 valence electrons. The lowest BCUT2D eigenvalue weighted by molar-refractivity contribution is -0.143. The molecule has 2 atom stereocenters. The summed E-state index contributed by atoms with van der Waals surface area (Å²) in [5.41, 5.74) is -2.63. The van der Waals surface area contributed by atoms with Crippen LogP contribution in [-0.4, -0.2) is 13.0 Å². The molecule has 9 heteroatoms. The lowest BCUT2D eigenvalue weighted by Crippen LogP contribution is -2.17. The Labute approximate surface area is 156 Å². The summed E-state index contributed by atoms with van der Waals surface area (Å²) < 4.78 is 82.4. The molecule has 0 saturated heterocycles. The number of carbonyl (C=O) groups is 1. The lowest BCUT2D eigenvalue weighted by Gasteiger charge is -2.15. The molecular weight excluding hydrogens is 388 g/mol. The highest BCUT2D eigenvalue weighted by Gasteiger charge is 2.44. The monoisotopic (exact) mass is 403 g/mol. The standard InChI is InChI=1S/C19H15F6NO2/c1-28-14-4-2-10(3-5-14)15-9-16(15)17(27)26-13-7-11(18(20,21)22)6-12(8-13)19(23,24)25/h2-8,15-16H,9H2,1H3,(H,26,27). The predicted molar refractivity (Wildman–Crippen MR) is 88.9 cm³/mol. The Hall–Kier alpha value is -2.71. The fourth-order valence-electron chi connectivity index (χ4n) is 2.97. The van der Waals surface area contributed by atoms with Gasteiger partial charge < -0.3 is 10.1 Å².